The van der Waals surface area contributed by atoms with Gasteiger partial charge in [-0.25, -0.2) is 0 Å². The minimum atomic E-state index is 0.451. The lowest BCUT2D eigenvalue weighted by molar-refractivity contribution is 1.10. The Bertz CT molecular complexity index is 654. The van der Waals surface area contributed by atoms with E-state index in [9.17, 15) is 0 Å². The van der Waals surface area contributed by atoms with Crippen LogP contribution in [0.15, 0.2) is 24.3 Å². The summed E-state index contributed by atoms with van der Waals surface area (Å²) in [6, 6.07) is 7.50. The average molecular weight is 234 g/mol. The van der Waals surface area contributed by atoms with Crippen LogP contribution in [0.25, 0.3) is 22.2 Å². The fraction of sp³-hybridized carbons (Fsp3) is 0. The number of H-pyrrole nitrogens is 2. The molecule has 0 fully saturated rings. The van der Waals surface area contributed by atoms with E-state index in [1.165, 1.54) is 0 Å². The number of benzene rings is 1. The molecule has 80 valence electrons. The number of nitrogen functional groups attached to an aromatic ring is 1. The highest BCUT2D eigenvalue weighted by molar-refractivity contribution is 6.35. The van der Waals surface area contributed by atoms with Crippen LogP contribution in [-0.4, -0.2) is 20.4 Å². The molecule has 16 heavy (non-hydrogen) atoms. The molecular weight excluding hydrogens is 226 g/mol. The third-order valence-corrected chi connectivity index (χ3v) is 2.70. The highest BCUT2D eigenvalue weighted by Crippen LogP contribution is 2.31. The maximum Gasteiger partial charge on any atom is 0.145 e. The monoisotopic (exact) mass is 233 g/mol. The highest BCUT2D eigenvalue weighted by atomic mass is 35.5. The zero-order valence-corrected chi connectivity index (χ0v) is 8.92. The molecule has 4 N–H and O–H groups in total. The van der Waals surface area contributed by atoms with Crippen LogP contribution >= 0.6 is 11.6 Å². The first kappa shape index (κ1) is 9.23. The summed E-state index contributed by atoms with van der Waals surface area (Å²) in [5.74, 6) is 0.451. The third-order valence-electron chi connectivity index (χ3n) is 2.42. The number of nitrogens with two attached hydrogens (primary N) is 1. The van der Waals surface area contributed by atoms with Crippen molar-refractivity contribution in [3.63, 3.8) is 0 Å². The molecule has 0 atom stereocenters. The van der Waals surface area contributed by atoms with Gasteiger partial charge in [0.2, 0.25) is 0 Å². The standard InChI is InChI=1S/C10H8ClN5/c11-10-9-5(7-4-8(12)15-14-7)2-1-3-6(9)13-16-10/h1-4H,(H,13,16)(H3,12,14,15). The first-order chi connectivity index (χ1) is 7.75. The van der Waals surface area contributed by atoms with Gasteiger partial charge in [-0.05, 0) is 6.07 Å². The summed E-state index contributed by atoms with van der Waals surface area (Å²) < 4.78 is 0. The largest absolute Gasteiger partial charge is 0.382 e. The van der Waals surface area contributed by atoms with Crippen molar-refractivity contribution in [1.82, 2.24) is 20.4 Å². The van der Waals surface area contributed by atoms with Gasteiger partial charge in [0, 0.05) is 17.0 Å². The molecule has 2 heterocycles. The van der Waals surface area contributed by atoms with Crippen molar-refractivity contribution in [2.45, 2.75) is 0 Å². The number of fused-ring (bicyclic) bond motifs is 1. The lowest BCUT2D eigenvalue weighted by Gasteiger charge is -1.98. The Morgan fingerprint density at radius 1 is 1.19 bits per heavy atom. The van der Waals surface area contributed by atoms with E-state index in [0.29, 0.717) is 11.0 Å². The first-order valence-electron chi connectivity index (χ1n) is 4.69. The molecule has 5 nitrogen and oxygen atoms in total. The number of nitrogens with one attached hydrogen (secondary N) is 2. The number of hydrogen-bond acceptors (Lipinski definition) is 3. The first-order valence-corrected chi connectivity index (χ1v) is 5.07. The fourth-order valence-corrected chi connectivity index (χ4v) is 1.97. The van der Waals surface area contributed by atoms with Crippen molar-refractivity contribution in [2.24, 2.45) is 0 Å². The van der Waals surface area contributed by atoms with Gasteiger partial charge >= 0.3 is 0 Å². The summed E-state index contributed by atoms with van der Waals surface area (Å²) in [5.41, 5.74) is 8.15. The molecule has 0 aliphatic heterocycles. The van der Waals surface area contributed by atoms with Crippen molar-refractivity contribution in [3.05, 3.63) is 29.4 Å². The van der Waals surface area contributed by atoms with Crippen molar-refractivity contribution < 1.29 is 0 Å². The van der Waals surface area contributed by atoms with E-state index >= 15 is 0 Å². The Morgan fingerprint density at radius 3 is 2.81 bits per heavy atom. The minimum absolute atomic E-state index is 0.451. The Kier molecular flexibility index (Phi) is 1.87. The van der Waals surface area contributed by atoms with Crippen LogP contribution in [0.3, 0.4) is 0 Å². The number of nitrogens with zero attached hydrogens (tertiary/aromatic N) is 2. The lowest BCUT2D eigenvalue weighted by Crippen LogP contribution is -1.81. The third kappa shape index (κ3) is 1.25. The van der Waals surface area contributed by atoms with Gasteiger partial charge in [-0.15, -0.1) is 0 Å². The van der Waals surface area contributed by atoms with Gasteiger partial charge in [0.05, 0.1) is 11.2 Å². The normalized spacial score (nSPS) is 11.1. The maximum atomic E-state index is 6.05. The van der Waals surface area contributed by atoms with E-state index in [1.807, 2.05) is 18.2 Å². The van der Waals surface area contributed by atoms with E-state index in [4.69, 9.17) is 17.3 Å². The van der Waals surface area contributed by atoms with Gasteiger partial charge < -0.3 is 5.73 Å². The number of aromatic nitrogens is 4. The molecule has 0 bridgehead atoms. The summed E-state index contributed by atoms with van der Waals surface area (Å²) in [7, 11) is 0. The summed E-state index contributed by atoms with van der Waals surface area (Å²) in [6.45, 7) is 0. The molecule has 0 saturated carbocycles. The Balaban J connectivity index is 2.34. The second-order valence-electron chi connectivity index (χ2n) is 3.44. The van der Waals surface area contributed by atoms with Crippen LogP contribution in [0.4, 0.5) is 5.82 Å². The molecule has 1 aromatic carbocycles. The smallest absolute Gasteiger partial charge is 0.145 e. The second-order valence-corrected chi connectivity index (χ2v) is 3.82. The van der Waals surface area contributed by atoms with Gasteiger partial charge in [-0.3, -0.25) is 10.2 Å². The van der Waals surface area contributed by atoms with Gasteiger partial charge in [0.15, 0.2) is 0 Å². The molecule has 2 aromatic heterocycles. The number of rotatable bonds is 1. The van der Waals surface area contributed by atoms with Crippen molar-refractivity contribution in [3.8, 4) is 11.3 Å². The average Bonchev–Trinajstić information content (AvgIpc) is 2.86. The summed E-state index contributed by atoms with van der Waals surface area (Å²) >= 11 is 6.05. The van der Waals surface area contributed by atoms with E-state index in [1.54, 1.807) is 6.07 Å². The molecule has 0 saturated heterocycles. The Hall–Kier alpha value is -2.01. The number of anilines is 1. The Labute approximate surface area is 95.6 Å². The maximum absolute atomic E-state index is 6.05. The van der Waals surface area contributed by atoms with Crippen LogP contribution in [-0.2, 0) is 0 Å². The summed E-state index contributed by atoms with van der Waals surface area (Å²) in [4.78, 5) is 0. The van der Waals surface area contributed by atoms with E-state index in [2.05, 4.69) is 20.4 Å². The minimum Gasteiger partial charge on any atom is -0.382 e. The van der Waals surface area contributed by atoms with Crippen LogP contribution in [0.2, 0.25) is 5.15 Å². The molecule has 0 unspecified atom stereocenters. The van der Waals surface area contributed by atoms with Gasteiger partial charge in [0.25, 0.3) is 0 Å². The summed E-state index contributed by atoms with van der Waals surface area (Å²) in [6.07, 6.45) is 0. The predicted molar refractivity (Wildman–Crippen MR) is 63.1 cm³/mol. The summed E-state index contributed by atoms with van der Waals surface area (Å²) in [5, 5.41) is 15.0. The molecule has 3 rings (SSSR count). The lowest BCUT2D eigenvalue weighted by atomic mass is 10.1. The molecule has 0 spiro atoms. The van der Waals surface area contributed by atoms with E-state index in [0.717, 1.165) is 22.2 Å². The van der Waals surface area contributed by atoms with Gasteiger partial charge in [0.1, 0.15) is 11.0 Å². The molecule has 0 amide bonds. The second kappa shape index (κ2) is 3.24. The van der Waals surface area contributed by atoms with Crippen LogP contribution in [0.5, 0.6) is 0 Å². The molecule has 0 aliphatic carbocycles. The fourth-order valence-electron chi connectivity index (χ4n) is 1.73. The van der Waals surface area contributed by atoms with Crippen LogP contribution in [0, 0.1) is 0 Å². The predicted octanol–water partition coefficient (Wildman–Crippen LogP) is 2.19. The molecule has 6 heteroatoms. The molecule has 0 aliphatic rings. The Morgan fingerprint density at radius 2 is 2.06 bits per heavy atom. The van der Waals surface area contributed by atoms with Crippen molar-refractivity contribution in [1.29, 1.82) is 0 Å². The zero-order valence-electron chi connectivity index (χ0n) is 8.16. The SMILES string of the molecule is Nc1cc(-c2cccc3n[nH]c(Cl)c23)[nH]n1. The van der Waals surface area contributed by atoms with Crippen LogP contribution in [0.1, 0.15) is 0 Å². The molecule has 0 radical (unpaired) electrons. The molecule has 3 aromatic rings. The number of aromatic amines is 2. The van der Waals surface area contributed by atoms with E-state index in [-0.39, 0.29) is 0 Å². The zero-order chi connectivity index (χ0) is 11.1. The van der Waals surface area contributed by atoms with E-state index < -0.39 is 0 Å². The number of hydrogen-bond donors (Lipinski definition) is 3. The van der Waals surface area contributed by atoms with Crippen LogP contribution < -0.4 is 5.73 Å². The van der Waals surface area contributed by atoms with Gasteiger partial charge in [-0.2, -0.15) is 10.2 Å². The molecular formula is C10H8ClN5. The van der Waals surface area contributed by atoms with Crippen molar-refractivity contribution in [2.75, 3.05) is 5.73 Å². The topological polar surface area (TPSA) is 83.4 Å². The number of halogens is 1. The van der Waals surface area contributed by atoms with Crippen molar-refractivity contribution >= 4 is 28.3 Å². The quantitative estimate of drug-likeness (QED) is 0.602. The highest BCUT2D eigenvalue weighted by Gasteiger charge is 2.11. The van der Waals surface area contributed by atoms with Gasteiger partial charge in [-0.1, -0.05) is 23.7 Å².